The summed E-state index contributed by atoms with van der Waals surface area (Å²) in [7, 11) is 1.35. The molecule has 9 heteroatoms. The van der Waals surface area contributed by atoms with E-state index in [-0.39, 0.29) is 29.3 Å². The van der Waals surface area contributed by atoms with Crippen LogP contribution in [0.2, 0.25) is 5.02 Å². The second-order valence-corrected chi connectivity index (χ2v) is 6.43. The summed E-state index contributed by atoms with van der Waals surface area (Å²) >= 11 is 6.01. The number of nitrogens with one attached hydrogen (secondary N) is 1. The van der Waals surface area contributed by atoms with Crippen LogP contribution in [0, 0.1) is 27.9 Å². The molecule has 2 aliphatic rings. The topological polar surface area (TPSA) is 110 Å². The summed E-state index contributed by atoms with van der Waals surface area (Å²) in [6.07, 6.45) is 3.12. The lowest BCUT2D eigenvalue weighted by molar-refractivity contribution is -0.390. The van der Waals surface area contributed by atoms with Crippen LogP contribution < -0.4 is 10.9 Å². The molecular weight excluding hydrogens is 312 g/mol. The Balaban J connectivity index is 1.99. The van der Waals surface area contributed by atoms with Crippen LogP contribution in [0.4, 0.5) is 11.5 Å². The van der Waals surface area contributed by atoms with Crippen molar-refractivity contribution in [2.75, 3.05) is 11.9 Å². The molecule has 2 bridgehead atoms. The van der Waals surface area contributed by atoms with Gasteiger partial charge in [-0.3, -0.25) is 4.79 Å². The van der Waals surface area contributed by atoms with Gasteiger partial charge in [-0.05, 0) is 36.0 Å². The lowest BCUT2D eigenvalue weighted by Gasteiger charge is -2.31. The van der Waals surface area contributed by atoms with Crippen LogP contribution in [0.5, 0.6) is 0 Å². The maximum absolute atomic E-state index is 12.2. The highest BCUT2D eigenvalue weighted by Crippen LogP contribution is 2.49. The largest absolute Gasteiger partial charge is 0.409 e. The summed E-state index contributed by atoms with van der Waals surface area (Å²) in [5.74, 6) is 0.295. The third-order valence-corrected chi connectivity index (χ3v) is 5.31. The average molecular weight is 329 g/mol. The molecule has 0 aliphatic heterocycles. The van der Waals surface area contributed by atoms with Gasteiger partial charge >= 0.3 is 11.4 Å². The zero-order chi connectivity index (χ0) is 16.0. The minimum Gasteiger partial charge on any atom is -0.396 e. The Morgan fingerprint density at radius 2 is 2.18 bits per heavy atom. The molecule has 0 radical (unpaired) electrons. The maximum atomic E-state index is 12.2. The fourth-order valence-corrected chi connectivity index (χ4v) is 4.15. The molecule has 2 N–H and O–H groups in total. The van der Waals surface area contributed by atoms with Crippen molar-refractivity contribution in [3.63, 3.8) is 0 Å². The summed E-state index contributed by atoms with van der Waals surface area (Å²) in [6, 6.07) is -0.0871. The summed E-state index contributed by atoms with van der Waals surface area (Å²) in [5, 5.41) is 27.0. The molecule has 2 aliphatic carbocycles. The highest BCUT2D eigenvalue weighted by Gasteiger charge is 2.47. The first-order valence-corrected chi connectivity index (χ1v) is 7.60. The van der Waals surface area contributed by atoms with E-state index in [4.69, 9.17) is 11.6 Å². The number of hydrogen-bond acceptors (Lipinski definition) is 6. The predicted molar refractivity (Wildman–Crippen MR) is 80.0 cm³/mol. The average Bonchev–Trinajstić information content (AvgIpc) is 3.07. The van der Waals surface area contributed by atoms with Gasteiger partial charge in [0.1, 0.15) is 5.69 Å². The molecule has 2 fully saturated rings. The van der Waals surface area contributed by atoms with Crippen LogP contribution in [0.15, 0.2) is 4.79 Å². The molecule has 0 aromatic carbocycles. The molecule has 4 atom stereocenters. The third kappa shape index (κ3) is 2.26. The summed E-state index contributed by atoms with van der Waals surface area (Å²) in [5.41, 5.74) is -0.503. The minimum absolute atomic E-state index is 0.00173. The van der Waals surface area contributed by atoms with E-state index in [9.17, 15) is 20.0 Å². The highest BCUT2D eigenvalue weighted by molar-refractivity contribution is 6.34. The van der Waals surface area contributed by atoms with E-state index in [1.165, 1.54) is 7.05 Å². The van der Waals surface area contributed by atoms with Crippen LogP contribution in [0.25, 0.3) is 0 Å². The van der Waals surface area contributed by atoms with Gasteiger partial charge in [0.15, 0.2) is 5.02 Å². The van der Waals surface area contributed by atoms with Crippen molar-refractivity contribution in [1.82, 2.24) is 9.78 Å². The molecule has 120 valence electrons. The molecule has 3 rings (SSSR count). The molecule has 0 unspecified atom stereocenters. The maximum Gasteiger partial charge on any atom is 0.409 e. The number of rotatable bonds is 4. The monoisotopic (exact) mass is 328 g/mol. The summed E-state index contributed by atoms with van der Waals surface area (Å²) in [6.45, 7) is 0.0317. The standard InChI is InChI=1S/C13H17ClN4O4/c1-17-13(20)11(9(14)12(16-17)18(21)22)15-10-7-3-2-6(4-7)8(10)5-19/h6-8,10,15,19H,2-5H2,1H3/t6-,7+,8+,10-/m0/s1. The molecule has 0 saturated heterocycles. The van der Waals surface area contributed by atoms with Crippen LogP contribution in [0.1, 0.15) is 19.3 Å². The first-order valence-electron chi connectivity index (χ1n) is 7.22. The molecule has 0 amide bonds. The fourth-order valence-electron chi connectivity index (χ4n) is 3.91. The van der Waals surface area contributed by atoms with Gasteiger partial charge in [-0.1, -0.05) is 11.6 Å². The number of aliphatic hydroxyl groups is 1. The van der Waals surface area contributed by atoms with Gasteiger partial charge in [-0.15, -0.1) is 4.68 Å². The molecule has 0 spiro atoms. The van der Waals surface area contributed by atoms with Crippen molar-refractivity contribution in [3.05, 3.63) is 25.5 Å². The van der Waals surface area contributed by atoms with Crippen molar-refractivity contribution in [2.45, 2.75) is 25.3 Å². The Kier molecular flexibility index (Phi) is 3.82. The minimum atomic E-state index is -0.711. The third-order valence-electron chi connectivity index (χ3n) is 4.95. The van der Waals surface area contributed by atoms with Gasteiger partial charge < -0.3 is 20.5 Å². The first kappa shape index (κ1) is 15.2. The lowest BCUT2D eigenvalue weighted by atomic mass is 9.85. The van der Waals surface area contributed by atoms with E-state index < -0.39 is 16.3 Å². The van der Waals surface area contributed by atoms with Gasteiger partial charge in [0, 0.05) is 18.6 Å². The number of nitrogens with zero attached hydrogens (tertiary/aromatic N) is 3. The van der Waals surface area contributed by atoms with Crippen molar-refractivity contribution in [3.8, 4) is 0 Å². The molecule has 1 aromatic rings. The van der Waals surface area contributed by atoms with Crippen LogP contribution >= 0.6 is 11.6 Å². The zero-order valence-electron chi connectivity index (χ0n) is 12.0. The number of aliphatic hydroxyl groups excluding tert-OH is 1. The van der Waals surface area contributed by atoms with E-state index in [0.717, 1.165) is 23.9 Å². The molecule has 1 heterocycles. The van der Waals surface area contributed by atoms with E-state index in [1.54, 1.807) is 0 Å². The predicted octanol–water partition coefficient (Wildman–Crippen LogP) is 1.16. The normalized spacial score (nSPS) is 29.8. The van der Waals surface area contributed by atoms with Crippen molar-refractivity contribution in [2.24, 2.45) is 24.8 Å². The number of aromatic nitrogens is 2. The number of aryl methyl sites for hydroxylation is 1. The van der Waals surface area contributed by atoms with Crippen LogP contribution in [-0.4, -0.2) is 32.5 Å². The first-order chi connectivity index (χ1) is 10.4. The zero-order valence-corrected chi connectivity index (χ0v) is 12.8. The number of hydrogen-bond donors (Lipinski definition) is 2. The van der Waals surface area contributed by atoms with E-state index in [2.05, 4.69) is 10.4 Å². The Morgan fingerprint density at radius 3 is 2.82 bits per heavy atom. The number of halogens is 1. The number of fused-ring (bicyclic) bond motifs is 2. The van der Waals surface area contributed by atoms with Crippen molar-refractivity contribution in [1.29, 1.82) is 0 Å². The SMILES string of the molecule is Cn1nc([N+](=O)[O-])c(Cl)c(N[C@H]2[C@@H]3CC[C@@H](C3)[C@H]2CO)c1=O. The van der Waals surface area contributed by atoms with Gasteiger partial charge in [0.05, 0.1) is 12.1 Å². The lowest BCUT2D eigenvalue weighted by Crippen LogP contribution is -2.39. The van der Waals surface area contributed by atoms with Crippen molar-refractivity contribution >= 4 is 23.1 Å². The summed E-state index contributed by atoms with van der Waals surface area (Å²) < 4.78 is 0.910. The molecule has 22 heavy (non-hydrogen) atoms. The van der Waals surface area contributed by atoms with E-state index in [1.807, 2.05) is 0 Å². The smallest absolute Gasteiger partial charge is 0.396 e. The Morgan fingerprint density at radius 1 is 1.50 bits per heavy atom. The van der Waals surface area contributed by atoms with Gasteiger partial charge in [-0.25, -0.2) is 0 Å². The molecule has 2 saturated carbocycles. The highest BCUT2D eigenvalue weighted by atomic mass is 35.5. The van der Waals surface area contributed by atoms with Gasteiger partial charge in [-0.2, -0.15) is 0 Å². The van der Waals surface area contributed by atoms with Crippen molar-refractivity contribution < 1.29 is 10.0 Å². The van der Waals surface area contributed by atoms with Crippen LogP contribution in [-0.2, 0) is 7.05 Å². The van der Waals surface area contributed by atoms with Gasteiger partial charge in [0.2, 0.25) is 0 Å². The molecule has 8 nitrogen and oxygen atoms in total. The van der Waals surface area contributed by atoms with E-state index in [0.29, 0.717) is 11.8 Å². The molecular formula is C13H17ClN4O4. The quantitative estimate of drug-likeness (QED) is 0.634. The number of nitro groups is 1. The van der Waals surface area contributed by atoms with E-state index >= 15 is 0 Å². The summed E-state index contributed by atoms with van der Waals surface area (Å²) in [4.78, 5) is 22.5. The fraction of sp³-hybridized carbons (Fsp3) is 0.692. The second-order valence-electron chi connectivity index (χ2n) is 6.05. The number of anilines is 1. The van der Waals surface area contributed by atoms with Gasteiger partial charge in [0.25, 0.3) is 0 Å². The molecule has 1 aromatic heterocycles. The Bertz CT molecular complexity index is 677. The second kappa shape index (κ2) is 5.51. The Labute approximate surface area is 131 Å². The van der Waals surface area contributed by atoms with Crippen LogP contribution in [0.3, 0.4) is 0 Å². The Hall–Kier alpha value is -1.67.